The van der Waals surface area contributed by atoms with Crippen LogP contribution in [0.4, 0.5) is 0 Å². The number of ketones is 1. The van der Waals surface area contributed by atoms with Gasteiger partial charge in [-0.15, -0.1) is 11.8 Å². The highest BCUT2D eigenvalue weighted by molar-refractivity contribution is 8.14. The molecule has 90 valence electrons. The van der Waals surface area contributed by atoms with Gasteiger partial charge in [0.2, 0.25) is 0 Å². The number of ether oxygens (including phenoxy) is 1. The van der Waals surface area contributed by atoms with Crippen molar-refractivity contribution in [2.45, 2.75) is 13.0 Å². The Balaban J connectivity index is 2.30. The number of phenolic OH excluding ortho intramolecular Hbond substituents is 1. The Morgan fingerprint density at radius 3 is 2.88 bits per heavy atom. The first-order valence-electron chi connectivity index (χ1n) is 5.20. The van der Waals surface area contributed by atoms with Crippen LogP contribution in [-0.2, 0) is 4.79 Å². The molecular weight excluding hydrogens is 238 g/mol. The van der Waals surface area contributed by atoms with Crippen LogP contribution in [0.15, 0.2) is 23.2 Å². The van der Waals surface area contributed by atoms with E-state index in [4.69, 9.17) is 4.74 Å². The second kappa shape index (κ2) is 4.79. The minimum Gasteiger partial charge on any atom is -0.507 e. The zero-order valence-corrected chi connectivity index (χ0v) is 10.5. The lowest BCUT2D eigenvalue weighted by atomic mass is 10.2. The minimum absolute atomic E-state index is 0.0560. The molecule has 1 aliphatic rings. The first-order valence-corrected chi connectivity index (χ1v) is 6.19. The van der Waals surface area contributed by atoms with Gasteiger partial charge in [-0.3, -0.25) is 9.79 Å². The Labute approximate surface area is 104 Å². The molecule has 0 amide bonds. The lowest BCUT2D eigenvalue weighted by Crippen LogP contribution is -2.14. The Hall–Kier alpha value is -1.49. The first kappa shape index (κ1) is 12.0. The van der Waals surface area contributed by atoms with Gasteiger partial charge in [-0.05, 0) is 19.1 Å². The first-order chi connectivity index (χ1) is 8.11. The fourth-order valence-electron chi connectivity index (χ4n) is 1.55. The molecule has 17 heavy (non-hydrogen) atoms. The van der Waals surface area contributed by atoms with Crippen molar-refractivity contribution in [1.82, 2.24) is 0 Å². The van der Waals surface area contributed by atoms with Crippen molar-refractivity contribution in [1.29, 1.82) is 0 Å². The molecule has 1 heterocycles. The lowest BCUT2D eigenvalue weighted by molar-refractivity contribution is -0.117. The number of methoxy groups -OCH3 is 1. The summed E-state index contributed by atoms with van der Waals surface area (Å²) in [5.74, 6) is 1.43. The van der Waals surface area contributed by atoms with Gasteiger partial charge in [0.25, 0.3) is 0 Å². The molecule has 1 atom stereocenters. The molecule has 5 heteroatoms. The van der Waals surface area contributed by atoms with E-state index in [1.807, 2.05) is 0 Å². The number of aromatic hydroxyl groups is 1. The smallest absolute Gasteiger partial charge is 0.155 e. The van der Waals surface area contributed by atoms with Gasteiger partial charge in [0.1, 0.15) is 22.6 Å². The Morgan fingerprint density at radius 2 is 2.35 bits per heavy atom. The average molecular weight is 251 g/mol. The normalized spacial score (nSPS) is 18.9. The summed E-state index contributed by atoms with van der Waals surface area (Å²) in [6.07, 6.45) is 0. The second-order valence-corrected chi connectivity index (χ2v) is 4.76. The zero-order valence-electron chi connectivity index (χ0n) is 9.64. The van der Waals surface area contributed by atoms with E-state index in [2.05, 4.69) is 4.99 Å². The largest absolute Gasteiger partial charge is 0.507 e. The Kier molecular flexibility index (Phi) is 3.38. The number of aliphatic imine (C=N–C) groups is 1. The topological polar surface area (TPSA) is 58.9 Å². The number of carbonyl (C=O) groups excluding carboxylic acids is 1. The van der Waals surface area contributed by atoms with Crippen LogP contribution in [0, 0.1) is 0 Å². The van der Waals surface area contributed by atoms with Crippen molar-refractivity contribution in [2.75, 3.05) is 12.9 Å². The molecule has 0 saturated carbocycles. The number of carbonyl (C=O) groups is 1. The van der Waals surface area contributed by atoms with E-state index in [-0.39, 0.29) is 17.6 Å². The number of thioether (sulfide) groups is 1. The number of hydrogen-bond acceptors (Lipinski definition) is 5. The number of rotatable bonds is 3. The van der Waals surface area contributed by atoms with Gasteiger partial charge in [0.05, 0.1) is 7.11 Å². The highest BCUT2D eigenvalue weighted by Crippen LogP contribution is 2.31. The van der Waals surface area contributed by atoms with Crippen molar-refractivity contribution < 1.29 is 14.6 Å². The number of nitrogens with zero attached hydrogens (tertiary/aromatic N) is 1. The molecule has 0 fully saturated rings. The molecular formula is C12H13NO3S. The summed E-state index contributed by atoms with van der Waals surface area (Å²) in [6.45, 7) is 1.53. The summed E-state index contributed by atoms with van der Waals surface area (Å²) in [5, 5.41) is 10.6. The SMILES string of the molecule is COc1ccc(C2=N[C@@H](C(C)=O)CS2)c(O)c1. The number of phenols is 1. The van der Waals surface area contributed by atoms with Crippen LogP contribution < -0.4 is 4.74 Å². The molecule has 1 aliphatic heterocycles. The third-order valence-corrected chi connectivity index (χ3v) is 3.64. The number of Topliss-reactive ketones (excluding diaryl/α,β-unsaturated/α-hetero) is 1. The zero-order chi connectivity index (χ0) is 12.4. The standard InChI is InChI=1S/C12H13NO3S/c1-7(14)10-6-17-12(13-10)9-4-3-8(16-2)5-11(9)15/h3-5,10,15H,6H2,1-2H3/t10-/m1/s1. The van der Waals surface area contributed by atoms with Crippen LogP contribution in [0.1, 0.15) is 12.5 Å². The molecule has 1 aromatic rings. The predicted molar refractivity (Wildman–Crippen MR) is 68.1 cm³/mol. The molecule has 2 rings (SSSR count). The van der Waals surface area contributed by atoms with Gasteiger partial charge < -0.3 is 9.84 Å². The molecule has 1 aromatic carbocycles. The third kappa shape index (κ3) is 2.44. The van der Waals surface area contributed by atoms with Crippen LogP contribution >= 0.6 is 11.8 Å². The molecule has 0 spiro atoms. The predicted octanol–water partition coefficient (Wildman–Crippen LogP) is 1.85. The minimum atomic E-state index is -0.281. The highest BCUT2D eigenvalue weighted by atomic mass is 32.2. The molecule has 0 saturated heterocycles. The van der Waals surface area contributed by atoms with Gasteiger partial charge in [-0.1, -0.05) is 0 Å². The maximum atomic E-state index is 11.2. The van der Waals surface area contributed by atoms with Gasteiger partial charge in [-0.2, -0.15) is 0 Å². The highest BCUT2D eigenvalue weighted by Gasteiger charge is 2.24. The van der Waals surface area contributed by atoms with Crippen LogP contribution in [0.25, 0.3) is 0 Å². The second-order valence-electron chi connectivity index (χ2n) is 3.75. The monoisotopic (exact) mass is 251 g/mol. The molecule has 0 aromatic heterocycles. The molecule has 1 N–H and O–H groups in total. The van der Waals surface area contributed by atoms with E-state index >= 15 is 0 Å². The average Bonchev–Trinajstić information content (AvgIpc) is 2.78. The third-order valence-electron chi connectivity index (χ3n) is 2.56. The maximum Gasteiger partial charge on any atom is 0.155 e. The van der Waals surface area contributed by atoms with E-state index in [9.17, 15) is 9.90 Å². The molecule has 0 bridgehead atoms. The summed E-state index contributed by atoms with van der Waals surface area (Å²) in [6, 6.07) is 4.78. The quantitative estimate of drug-likeness (QED) is 0.890. The van der Waals surface area contributed by atoms with Crippen LogP contribution in [0.2, 0.25) is 0 Å². The van der Waals surface area contributed by atoms with Crippen molar-refractivity contribution in [2.24, 2.45) is 4.99 Å². The summed E-state index contributed by atoms with van der Waals surface area (Å²) in [4.78, 5) is 15.5. The Morgan fingerprint density at radius 1 is 1.59 bits per heavy atom. The van der Waals surface area contributed by atoms with Crippen molar-refractivity contribution in [3.05, 3.63) is 23.8 Å². The molecule has 4 nitrogen and oxygen atoms in total. The van der Waals surface area contributed by atoms with Gasteiger partial charge in [0, 0.05) is 17.4 Å². The van der Waals surface area contributed by atoms with E-state index < -0.39 is 0 Å². The van der Waals surface area contributed by atoms with Crippen molar-refractivity contribution in [3.8, 4) is 11.5 Å². The van der Waals surface area contributed by atoms with Crippen LogP contribution in [0.5, 0.6) is 11.5 Å². The van der Waals surface area contributed by atoms with Crippen molar-refractivity contribution in [3.63, 3.8) is 0 Å². The fourth-order valence-corrected chi connectivity index (χ4v) is 2.70. The van der Waals surface area contributed by atoms with Crippen LogP contribution in [-0.4, -0.2) is 34.8 Å². The molecule has 0 unspecified atom stereocenters. The van der Waals surface area contributed by atoms with Gasteiger partial charge in [0.15, 0.2) is 5.78 Å². The Bertz CT molecular complexity index is 485. The van der Waals surface area contributed by atoms with Gasteiger partial charge in [-0.25, -0.2) is 0 Å². The molecule has 0 radical (unpaired) electrons. The fraction of sp³-hybridized carbons (Fsp3) is 0.333. The van der Waals surface area contributed by atoms with Crippen LogP contribution in [0.3, 0.4) is 0 Å². The number of benzene rings is 1. The van der Waals surface area contributed by atoms with Gasteiger partial charge >= 0.3 is 0 Å². The van der Waals surface area contributed by atoms with E-state index in [0.717, 1.165) is 0 Å². The van der Waals surface area contributed by atoms with E-state index in [1.165, 1.54) is 18.7 Å². The lowest BCUT2D eigenvalue weighted by Gasteiger charge is -2.05. The molecule has 0 aliphatic carbocycles. The summed E-state index contributed by atoms with van der Waals surface area (Å²) in [7, 11) is 1.54. The number of hydrogen-bond donors (Lipinski definition) is 1. The van der Waals surface area contributed by atoms with E-state index in [0.29, 0.717) is 22.1 Å². The summed E-state index contributed by atoms with van der Waals surface area (Å²) >= 11 is 1.49. The van der Waals surface area contributed by atoms with Crippen molar-refractivity contribution >= 4 is 22.6 Å². The van der Waals surface area contributed by atoms with E-state index in [1.54, 1.807) is 25.3 Å². The maximum absolute atomic E-state index is 11.2. The summed E-state index contributed by atoms with van der Waals surface area (Å²) in [5.41, 5.74) is 0.652. The summed E-state index contributed by atoms with van der Waals surface area (Å²) < 4.78 is 5.01.